The molecule has 176 valence electrons. The van der Waals surface area contributed by atoms with Crippen molar-refractivity contribution in [2.75, 3.05) is 17.7 Å². The average molecular weight is 480 g/mol. The second kappa shape index (κ2) is 10.3. The Morgan fingerprint density at radius 1 is 0.853 bits per heavy atom. The Morgan fingerprint density at radius 3 is 2.06 bits per heavy atom. The summed E-state index contributed by atoms with van der Waals surface area (Å²) in [6.45, 7) is 6.22. The molecule has 2 amide bonds. The van der Waals surface area contributed by atoms with Crippen LogP contribution in [0, 0.1) is 0 Å². The number of ether oxygens (including phenoxy) is 1. The van der Waals surface area contributed by atoms with Crippen LogP contribution in [0.2, 0.25) is 0 Å². The number of nitrogens with one attached hydrogen (secondary N) is 2. The van der Waals surface area contributed by atoms with Crippen LogP contribution in [0.4, 0.5) is 17.1 Å². The third kappa shape index (κ3) is 6.29. The van der Waals surface area contributed by atoms with Crippen molar-refractivity contribution in [3.05, 3.63) is 83.4 Å². The summed E-state index contributed by atoms with van der Waals surface area (Å²) >= 11 is 0. The largest absolute Gasteiger partial charge is 0.497 e. The van der Waals surface area contributed by atoms with E-state index in [1.807, 2.05) is 12.1 Å². The quantitative estimate of drug-likeness (QED) is 0.505. The minimum atomic E-state index is -2.69. The number of nitrogens with zero attached hydrogens (tertiary/aromatic N) is 1. The van der Waals surface area contributed by atoms with Gasteiger partial charge in [-0.05, 0) is 65.6 Å². The normalized spacial score (nSPS) is 10.8. The number of benzene rings is 3. The van der Waals surface area contributed by atoms with Crippen molar-refractivity contribution in [2.45, 2.75) is 26.2 Å². The Morgan fingerprint density at radius 2 is 1.50 bits per heavy atom. The maximum Gasteiger partial charge on any atom is 0.316 e. The summed E-state index contributed by atoms with van der Waals surface area (Å²) in [6, 6.07) is 18.0. The summed E-state index contributed by atoms with van der Waals surface area (Å²) in [7, 11) is -1.14. The predicted octanol–water partition coefficient (Wildman–Crippen LogP) is 5.19. The highest BCUT2D eigenvalue weighted by Gasteiger charge is 2.18. The van der Waals surface area contributed by atoms with Crippen molar-refractivity contribution in [3.63, 3.8) is 0 Å². The van der Waals surface area contributed by atoms with Gasteiger partial charge < -0.3 is 15.4 Å². The first-order valence-corrected chi connectivity index (χ1v) is 11.4. The van der Waals surface area contributed by atoms with Gasteiger partial charge in [0.25, 0.3) is 11.8 Å². The van der Waals surface area contributed by atoms with Crippen molar-refractivity contribution >= 4 is 39.4 Å². The lowest BCUT2D eigenvalue weighted by molar-refractivity contribution is 0.102. The van der Waals surface area contributed by atoms with Gasteiger partial charge in [0.2, 0.25) is 0 Å². The maximum absolute atomic E-state index is 12.9. The molecule has 0 aliphatic heterocycles. The van der Waals surface area contributed by atoms with Crippen LogP contribution in [0.25, 0.3) is 0 Å². The van der Waals surface area contributed by atoms with Crippen LogP contribution < -0.4 is 15.4 Å². The zero-order chi connectivity index (χ0) is 24.9. The van der Waals surface area contributed by atoms with E-state index in [4.69, 9.17) is 4.74 Å². The van der Waals surface area contributed by atoms with Gasteiger partial charge in [0.15, 0.2) is 0 Å². The van der Waals surface area contributed by atoms with Crippen LogP contribution >= 0.6 is 0 Å². The molecule has 2 N–H and O–H groups in total. The van der Waals surface area contributed by atoms with E-state index in [-0.39, 0.29) is 22.4 Å². The Hall–Kier alpha value is -3.98. The van der Waals surface area contributed by atoms with Crippen LogP contribution in [0.15, 0.2) is 71.1 Å². The average Bonchev–Trinajstić information content (AvgIpc) is 2.78. The molecule has 0 saturated heterocycles. The molecule has 3 aromatic carbocycles. The van der Waals surface area contributed by atoms with Crippen LogP contribution in [-0.4, -0.2) is 27.3 Å². The van der Waals surface area contributed by atoms with Gasteiger partial charge in [-0.2, -0.15) is 8.42 Å². The van der Waals surface area contributed by atoms with E-state index in [2.05, 4.69) is 35.8 Å². The van der Waals surface area contributed by atoms with E-state index in [9.17, 15) is 18.0 Å². The summed E-state index contributed by atoms with van der Waals surface area (Å²) in [6.07, 6.45) is 0. The summed E-state index contributed by atoms with van der Waals surface area (Å²) in [5.74, 6) is -0.294. The van der Waals surface area contributed by atoms with Crippen molar-refractivity contribution < 1.29 is 22.7 Å². The number of methoxy groups -OCH3 is 1. The zero-order valence-corrected chi connectivity index (χ0v) is 20.1. The molecule has 0 bridgehead atoms. The van der Waals surface area contributed by atoms with Gasteiger partial charge in [-0.25, -0.2) is 0 Å². The van der Waals surface area contributed by atoms with Crippen molar-refractivity contribution in [2.24, 2.45) is 4.36 Å². The fraction of sp³-hybridized carbons (Fsp3) is 0.200. The molecule has 0 saturated carbocycles. The molecule has 0 aliphatic rings. The summed E-state index contributed by atoms with van der Waals surface area (Å²) in [4.78, 5) is 25.9. The van der Waals surface area contributed by atoms with E-state index in [0.717, 1.165) is 5.56 Å². The Kier molecular flexibility index (Phi) is 7.47. The van der Waals surface area contributed by atoms with E-state index in [1.165, 1.54) is 18.2 Å². The molecule has 0 heterocycles. The molecule has 3 aromatic rings. The van der Waals surface area contributed by atoms with Crippen molar-refractivity contribution in [1.82, 2.24) is 0 Å². The fourth-order valence-corrected chi connectivity index (χ4v) is 3.45. The number of amides is 2. The fourth-order valence-electron chi connectivity index (χ4n) is 3.17. The van der Waals surface area contributed by atoms with E-state index >= 15 is 0 Å². The topological polar surface area (TPSA) is 114 Å². The lowest BCUT2D eigenvalue weighted by Gasteiger charge is -2.19. The molecule has 0 fully saturated rings. The zero-order valence-electron chi connectivity index (χ0n) is 19.2. The number of hydrogen-bond acceptors (Lipinski definition) is 6. The number of rotatable bonds is 6. The predicted molar refractivity (Wildman–Crippen MR) is 131 cm³/mol. The number of anilines is 2. The molecule has 34 heavy (non-hydrogen) atoms. The third-order valence-electron chi connectivity index (χ3n) is 5.04. The first-order valence-electron chi connectivity index (χ1n) is 10.4. The van der Waals surface area contributed by atoms with Crippen LogP contribution in [0.1, 0.15) is 47.1 Å². The molecule has 0 radical (unpaired) electrons. The van der Waals surface area contributed by atoms with Crippen LogP contribution in [0.5, 0.6) is 5.75 Å². The smallest absolute Gasteiger partial charge is 0.316 e. The maximum atomic E-state index is 12.9. The Balaban J connectivity index is 1.91. The van der Waals surface area contributed by atoms with Gasteiger partial charge in [-0.1, -0.05) is 32.9 Å². The minimum Gasteiger partial charge on any atom is -0.497 e. The lowest BCUT2D eigenvalue weighted by Crippen LogP contribution is -2.18. The van der Waals surface area contributed by atoms with Gasteiger partial charge >= 0.3 is 10.5 Å². The second-order valence-corrected chi connectivity index (χ2v) is 9.12. The molecule has 9 heteroatoms. The highest BCUT2D eigenvalue weighted by Crippen LogP contribution is 2.26. The van der Waals surface area contributed by atoms with E-state index < -0.39 is 22.3 Å². The van der Waals surface area contributed by atoms with Crippen molar-refractivity contribution in [1.29, 1.82) is 0 Å². The number of carbonyl (C=O) groups excluding carboxylic acids is 2. The first-order chi connectivity index (χ1) is 16.1. The summed E-state index contributed by atoms with van der Waals surface area (Å²) in [5.41, 5.74) is 2.27. The highest BCUT2D eigenvalue weighted by molar-refractivity contribution is 7.61. The SMILES string of the molecule is COc1ccc(NC(=O)c2ccc(N=S(=O)=O)cc2NC(=O)c2ccc(C(C)(C)C)cc2)cc1. The number of carbonyl (C=O) groups is 2. The van der Waals surface area contributed by atoms with Gasteiger partial charge in [-0.15, -0.1) is 4.36 Å². The lowest BCUT2D eigenvalue weighted by atomic mass is 9.86. The Bertz CT molecular complexity index is 1330. The van der Waals surface area contributed by atoms with Crippen LogP contribution in [-0.2, 0) is 15.9 Å². The van der Waals surface area contributed by atoms with Gasteiger partial charge in [0, 0.05) is 11.3 Å². The summed E-state index contributed by atoms with van der Waals surface area (Å²) in [5, 5.41) is 5.45. The second-order valence-electron chi connectivity index (χ2n) is 8.50. The minimum absolute atomic E-state index is 0.0640. The van der Waals surface area contributed by atoms with E-state index in [0.29, 0.717) is 17.0 Å². The molecule has 0 spiro atoms. The molecule has 0 unspecified atom stereocenters. The Labute approximate surface area is 199 Å². The molecular formula is C25H25N3O5S. The molecular weight excluding hydrogens is 454 g/mol. The van der Waals surface area contributed by atoms with E-state index in [1.54, 1.807) is 43.5 Å². The standard InChI is InChI=1S/C25H25N3O5S/c1-25(2,3)17-7-5-16(6-8-17)23(29)27-22-15-19(28-34(31)32)11-14-21(22)24(30)26-18-9-12-20(33-4)13-10-18/h5-15H,1-4H3,(H,26,30)(H,27,29). The van der Waals surface area contributed by atoms with Crippen LogP contribution in [0.3, 0.4) is 0 Å². The van der Waals surface area contributed by atoms with Gasteiger partial charge in [-0.3, -0.25) is 9.59 Å². The van der Waals surface area contributed by atoms with Gasteiger partial charge in [0.05, 0.1) is 24.0 Å². The molecule has 0 aliphatic carbocycles. The molecule has 3 rings (SSSR count). The third-order valence-corrected chi connectivity index (χ3v) is 5.40. The first kappa shape index (κ1) is 24.7. The van der Waals surface area contributed by atoms with Gasteiger partial charge in [0.1, 0.15) is 5.75 Å². The molecule has 0 atom stereocenters. The highest BCUT2D eigenvalue weighted by atomic mass is 32.2. The van der Waals surface area contributed by atoms with Crippen molar-refractivity contribution in [3.8, 4) is 5.75 Å². The molecule has 0 aromatic heterocycles. The number of hydrogen-bond donors (Lipinski definition) is 2. The monoisotopic (exact) mass is 479 g/mol. The molecule has 8 nitrogen and oxygen atoms in total. The summed E-state index contributed by atoms with van der Waals surface area (Å²) < 4.78 is 30.6.